The molecule has 2 heterocycles. The maximum Gasteiger partial charge on any atom is 0.335 e. The van der Waals surface area contributed by atoms with Crippen LogP contribution < -0.4 is 21.9 Å². The molecule has 0 atom stereocenters. The number of morpholine rings is 1. The number of nitrogens with one attached hydrogen (secondary N) is 1. The smallest absolute Gasteiger partial charge is 0.335 e. The second-order valence-electron chi connectivity index (χ2n) is 7.61. The quantitative estimate of drug-likeness (QED) is 0.339. The molecule has 3 aromatic rings. The van der Waals surface area contributed by atoms with Gasteiger partial charge in [0.25, 0.3) is 0 Å². The van der Waals surface area contributed by atoms with Crippen molar-refractivity contribution in [1.29, 1.82) is 0 Å². The van der Waals surface area contributed by atoms with Crippen LogP contribution in [0.15, 0.2) is 59.5 Å². The minimum atomic E-state index is -0.999. The van der Waals surface area contributed by atoms with Gasteiger partial charge in [-0.1, -0.05) is 24.3 Å². The van der Waals surface area contributed by atoms with Crippen LogP contribution in [0.5, 0.6) is 0 Å². The molecule has 4 rings (SSSR count). The van der Waals surface area contributed by atoms with Crippen LogP contribution in [-0.4, -0.2) is 47.4 Å². The number of aromatic nitrogens is 1. The van der Waals surface area contributed by atoms with Crippen molar-refractivity contribution in [3.05, 3.63) is 81.6 Å². The summed E-state index contributed by atoms with van der Waals surface area (Å²) in [6.45, 7) is 2.87. The summed E-state index contributed by atoms with van der Waals surface area (Å²) in [5.41, 5.74) is 8.86. The van der Waals surface area contributed by atoms with Gasteiger partial charge in [-0.25, -0.2) is 10.6 Å². The molecule has 0 unspecified atom stereocenters. The van der Waals surface area contributed by atoms with Crippen molar-refractivity contribution in [3.63, 3.8) is 0 Å². The Balaban J connectivity index is 1.65. The number of benzene rings is 2. The third-order valence-electron chi connectivity index (χ3n) is 5.36. The molecule has 1 aliphatic heterocycles. The Morgan fingerprint density at radius 1 is 1.19 bits per heavy atom. The fraction of sp³-hybridized carbons (Fsp3) is 0.217. The van der Waals surface area contributed by atoms with Gasteiger partial charge in [0.2, 0.25) is 0 Å². The standard InChI is InChI=1S/C23H25N5O4/c24-19(14-28(25)13-15-3-1-4-16(11-15)23(30)31)17-5-2-6-18-20(29)12-21(26-22(17)18)27-7-9-32-10-8-27/h1-6,11-12,14H,7-10,13,24-25H2,(H,26,29)(H,30,31)/b19-14-. The number of H-pyrrole nitrogens is 1. The zero-order valence-electron chi connectivity index (χ0n) is 17.5. The number of fused-ring (bicyclic) bond motifs is 1. The van der Waals surface area contributed by atoms with Gasteiger partial charge in [0.1, 0.15) is 5.82 Å². The Morgan fingerprint density at radius 3 is 2.69 bits per heavy atom. The number of carboxylic acid groups (broad SMARTS) is 1. The summed E-state index contributed by atoms with van der Waals surface area (Å²) in [6.07, 6.45) is 1.57. The molecule has 166 valence electrons. The summed E-state index contributed by atoms with van der Waals surface area (Å²) >= 11 is 0. The number of nitrogens with two attached hydrogens (primary N) is 2. The summed E-state index contributed by atoms with van der Waals surface area (Å²) in [4.78, 5) is 29.4. The van der Waals surface area contributed by atoms with Crippen LogP contribution in [0.4, 0.5) is 5.82 Å². The van der Waals surface area contributed by atoms with Crippen molar-refractivity contribution in [1.82, 2.24) is 9.99 Å². The normalized spacial score (nSPS) is 14.5. The Hall–Kier alpha value is -3.82. The molecule has 9 nitrogen and oxygen atoms in total. The molecule has 9 heteroatoms. The van der Waals surface area contributed by atoms with Gasteiger partial charge in [0.15, 0.2) is 5.43 Å². The number of hydrazine groups is 1. The number of pyridine rings is 1. The number of carboxylic acids is 1. The van der Waals surface area contributed by atoms with Crippen molar-refractivity contribution in [2.24, 2.45) is 11.6 Å². The van der Waals surface area contributed by atoms with Gasteiger partial charge >= 0.3 is 5.97 Å². The van der Waals surface area contributed by atoms with Gasteiger partial charge in [-0.2, -0.15) is 0 Å². The maximum absolute atomic E-state index is 12.7. The summed E-state index contributed by atoms with van der Waals surface area (Å²) in [7, 11) is 0. The fourth-order valence-corrected chi connectivity index (χ4v) is 3.78. The lowest BCUT2D eigenvalue weighted by Crippen LogP contribution is -2.37. The van der Waals surface area contributed by atoms with Crippen LogP contribution in [0.25, 0.3) is 16.6 Å². The van der Waals surface area contributed by atoms with Crippen molar-refractivity contribution in [2.45, 2.75) is 6.54 Å². The number of nitrogens with zero attached hydrogens (tertiary/aromatic N) is 2. The van der Waals surface area contributed by atoms with E-state index in [4.69, 9.17) is 21.4 Å². The third kappa shape index (κ3) is 4.58. The first kappa shape index (κ1) is 21.4. The molecule has 6 N–H and O–H groups in total. The van der Waals surface area contributed by atoms with Crippen LogP contribution in [0.1, 0.15) is 21.5 Å². The molecule has 0 bridgehead atoms. The molecule has 1 aromatic heterocycles. The molecule has 0 amide bonds. The lowest BCUT2D eigenvalue weighted by molar-refractivity contribution is 0.0696. The van der Waals surface area contributed by atoms with Gasteiger partial charge in [-0.15, -0.1) is 0 Å². The third-order valence-corrected chi connectivity index (χ3v) is 5.36. The first-order chi connectivity index (χ1) is 15.4. The molecule has 32 heavy (non-hydrogen) atoms. The van der Waals surface area contributed by atoms with Crippen molar-refractivity contribution >= 4 is 28.4 Å². The summed E-state index contributed by atoms with van der Waals surface area (Å²) < 4.78 is 5.40. The minimum absolute atomic E-state index is 0.0926. The fourth-order valence-electron chi connectivity index (χ4n) is 3.78. The van der Waals surface area contributed by atoms with Crippen LogP contribution >= 0.6 is 0 Å². The second-order valence-corrected chi connectivity index (χ2v) is 7.61. The van der Waals surface area contributed by atoms with Gasteiger partial charge in [0, 0.05) is 36.3 Å². The molecule has 1 saturated heterocycles. The summed E-state index contributed by atoms with van der Waals surface area (Å²) in [5.74, 6) is 5.85. The van der Waals surface area contributed by atoms with Crippen LogP contribution in [-0.2, 0) is 11.3 Å². The molecule has 0 radical (unpaired) electrons. The SMILES string of the molecule is N/C(=C\N(N)Cc1cccc(C(=O)O)c1)c1cccc2c(=O)cc(N3CCOCC3)[nH]c12. The highest BCUT2D eigenvalue weighted by Gasteiger charge is 2.15. The van der Waals surface area contributed by atoms with Crippen molar-refractivity contribution in [3.8, 4) is 0 Å². The van der Waals surface area contributed by atoms with Gasteiger partial charge in [-0.3, -0.25) is 4.79 Å². The monoisotopic (exact) mass is 435 g/mol. The number of rotatable bonds is 6. The van der Waals surface area contributed by atoms with Gasteiger partial charge < -0.3 is 30.5 Å². The summed E-state index contributed by atoms with van der Waals surface area (Å²) in [5, 5.41) is 11.1. The van der Waals surface area contributed by atoms with E-state index >= 15 is 0 Å². The highest BCUT2D eigenvalue weighted by molar-refractivity contribution is 5.91. The van der Waals surface area contributed by atoms with E-state index < -0.39 is 5.97 Å². The molecule has 1 fully saturated rings. The van der Waals surface area contributed by atoms with Crippen molar-refractivity contribution in [2.75, 3.05) is 31.2 Å². The van der Waals surface area contributed by atoms with E-state index in [2.05, 4.69) is 9.88 Å². The number of anilines is 1. The number of ether oxygens (including phenoxy) is 1. The predicted octanol–water partition coefficient (Wildman–Crippen LogP) is 1.70. The zero-order valence-corrected chi connectivity index (χ0v) is 17.5. The number of aromatic carboxylic acids is 1. The molecule has 1 aliphatic rings. The van der Waals surface area contributed by atoms with Crippen LogP contribution in [0.2, 0.25) is 0 Å². The molecule has 0 saturated carbocycles. The number of carbonyl (C=O) groups is 1. The first-order valence-corrected chi connectivity index (χ1v) is 10.2. The highest BCUT2D eigenvalue weighted by atomic mass is 16.5. The zero-order chi connectivity index (χ0) is 22.7. The van der Waals surface area contributed by atoms with E-state index in [0.29, 0.717) is 48.5 Å². The first-order valence-electron chi connectivity index (χ1n) is 10.2. The second kappa shape index (κ2) is 9.13. The van der Waals surface area contributed by atoms with E-state index in [1.165, 1.54) is 11.1 Å². The summed E-state index contributed by atoms with van der Waals surface area (Å²) in [6, 6.07) is 13.5. The lowest BCUT2D eigenvalue weighted by Gasteiger charge is -2.28. The Kier molecular flexibility index (Phi) is 6.11. The minimum Gasteiger partial charge on any atom is -0.478 e. The number of para-hydroxylation sites is 1. The van der Waals surface area contributed by atoms with Gasteiger partial charge in [0.05, 0.1) is 36.5 Å². The Bertz CT molecular complexity index is 1230. The Morgan fingerprint density at radius 2 is 1.94 bits per heavy atom. The predicted molar refractivity (Wildman–Crippen MR) is 123 cm³/mol. The molecule has 0 spiro atoms. The van der Waals surface area contributed by atoms with Crippen LogP contribution in [0.3, 0.4) is 0 Å². The molecule has 0 aliphatic carbocycles. The highest BCUT2D eigenvalue weighted by Crippen LogP contribution is 2.22. The maximum atomic E-state index is 12.7. The van der Waals surface area contributed by atoms with E-state index in [9.17, 15) is 9.59 Å². The Labute approximate surface area is 184 Å². The largest absolute Gasteiger partial charge is 0.478 e. The van der Waals surface area contributed by atoms with E-state index in [0.717, 1.165) is 11.4 Å². The van der Waals surface area contributed by atoms with E-state index in [-0.39, 0.29) is 17.5 Å². The topological polar surface area (TPSA) is 138 Å². The number of aromatic amines is 1. The van der Waals surface area contributed by atoms with Crippen LogP contribution in [0, 0.1) is 0 Å². The lowest BCUT2D eigenvalue weighted by atomic mass is 10.1. The molecular weight excluding hydrogens is 410 g/mol. The van der Waals surface area contributed by atoms with E-state index in [1.54, 1.807) is 42.6 Å². The number of hydrogen-bond acceptors (Lipinski definition) is 7. The van der Waals surface area contributed by atoms with Crippen molar-refractivity contribution < 1.29 is 14.6 Å². The molecule has 2 aromatic carbocycles. The molecular formula is C23H25N5O4. The average Bonchev–Trinajstić information content (AvgIpc) is 2.79. The average molecular weight is 435 g/mol. The number of hydrogen-bond donors (Lipinski definition) is 4. The van der Waals surface area contributed by atoms with Gasteiger partial charge in [-0.05, 0) is 23.8 Å². The van der Waals surface area contributed by atoms with E-state index in [1.807, 2.05) is 6.07 Å².